The van der Waals surface area contributed by atoms with Gasteiger partial charge in [-0.1, -0.05) is 121 Å². The third-order valence-corrected chi connectivity index (χ3v) is 9.60. The fourth-order valence-corrected chi connectivity index (χ4v) is 7.48. The SMILES string of the molecule is c1ccc(-c2cc(-c3cccc(-c4nc5ccccc5c5c4ccc4sc6ccccc6c45)c3)nc(-c3ccccc3)n2)cc1. The van der Waals surface area contributed by atoms with E-state index < -0.39 is 0 Å². The van der Waals surface area contributed by atoms with Crippen molar-refractivity contribution in [3.8, 4) is 45.2 Å². The van der Waals surface area contributed by atoms with Crippen LogP contribution in [0.25, 0.3) is 87.0 Å². The molecule has 0 unspecified atom stereocenters. The minimum atomic E-state index is 0.707. The average Bonchev–Trinajstić information content (AvgIpc) is 3.51. The molecular weight excluding hydrogens is 567 g/mol. The largest absolute Gasteiger partial charge is 0.247 e. The molecule has 0 aliphatic rings. The number of benzene rings is 6. The second kappa shape index (κ2) is 10.5. The zero-order valence-electron chi connectivity index (χ0n) is 24.2. The number of fused-ring (bicyclic) bond motifs is 7. The van der Waals surface area contributed by atoms with Crippen LogP contribution in [0.1, 0.15) is 0 Å². The van der Waals surface area contributed by atoms with E-state index in [0.29, 0.717) is 5.82 Å². The number of aromatic nitrogens is 3. The monoisotopic (exact) mass is 591 g/mol. The highest BCUT2D eigenvalue weighted by Gasteiger charge is 2.17. The number of rotatable bonds is 4. The first-order valence-corrected chi connectivity index (χ1v) is 15.9. The Labute approximate surface area is 264 Å². The molecule has 3 nitrogen and oxygen atoms in total. The lowest BCUT2D eigenvalue weighted by atomic mass is 9.95. The first-order valence-electron chi connectivity index (χ1n) is 15.0. The molecule has 0 saturated carbocycles. The molecule has 4 heteroatoms. The van der Waals surface area contributed by atoms with Crippen molar-refractivity contribution in [2.45, 2.75) is 0 Å². The molecule has 0 spiro atoms. The Morgan fingerprint density at radius 1 is 0.378 bits per heavy atom. The molecule has 3 aromatic heterocycles. The van der Waals surface area contributed by atoms with E-state index in [9.17, 15) is 0 Å². The normalized spacial score (nSPS) is 11.6. The van der Waals surface area contributed by atoms with Crippen LogP contribution in [0, 0.1) is 0 Å². The van der Waals surface area contributed by atoms with E-state index in [-0.39, 0.29) is 0 Å². The summed E-state index contributed by atoms with van der Waals surface area (Å²) in [7, 11) is 0. The Hall–Kier alpha value is -5.71. The molecule has 0 bridgehead atoms. The molecule has 0 fully saturated rings. The lowest BCUT2D eigenvalue weighted by Gasteiger charge is -2.13. The van der Waals surface area contributed by atoms with Gasteiger partial charge in [0.25, 0.3) is 0 Å². The Morgan fingerprint density at radius 3 is 1.84 bits per heavy atom. The van der Waals surface area contributed by atoms with Gasteiger partial charge in [-0.3, -0.25) is 0 Å². The number of hydrogen-bond donors (Lipinski definition) is 0. The van der Waals surface area contributed by atoms with Gasteiger partial charge in [0.2, 0.25) is 0 Å². The third kappa shape index (κ3) is 4.38. The van der Waals surface area contributed by atoms with E-state index in [2.05, 4.69) is 115 Å². The average molecular weight is 592 g/mol. The standard InChI is InChI=1S/C41H25N3S/c1-3-12-26(13-4-1)34-25-35(44-41(43-34)27-14-5-2-6-15-27)28-16-11-17-29(24-28)40-32-22-23-37-39(31-19-8-10-21-36(31)45-37)38(32)30-18-7-9-20-33(30)42-40/h1-25H. The Balaban J connectivity index is 1.28. The lowest BCUT2D eigenvalue weighted by molar-refractivity contribution is 1.18. The van der Waals surface area contributed by atoms with Crippen LogP contribution in [-0.2, 0) is 0 Å². The van der Waals surface area contributed by atoms with Gasteiger partial charge in [-0.25, -0.2) is 15.0 Å². The van der Waals surface area contributed by atoms with E-state index >= 15 is 0 Å². The van der Waals surface area contributed by atoms with E-state index in [1.54, 1.807) is 0 Å². The number of para-hydroxylation sites is 1. The lowest BCUT2D eigenvalue weighted by Crippen LogP contribution is -1.96. The maximum absolute atomic E-state index is 5.28. The summed E-state index contributed by atoms with van der Waals surface area (Å²) in [6.07, 6.45) is 0. The van der Waals surface area contributed by atoms with E-state index in [1.165, 1.54) is 30.9 Å². The van der Waals surface area contributed by atoms with Crippen molar-refractivity contribution in [2.75, 3.05) is 0 Å². The van der Waals surface area contributed by atoms with Crippen LogP contribution in [0.2, 0.25) is 0 Å². The molecule has 0 amide bonds. The van der Waals surface area contributed by atoms with Gasteiger partial charge < -0.3 is 0 Å². The van der Waals surface area contributed by atoms with Crippen molar-refractivity contribution in [3.63, 3.8) is 0 Å². The van der Waals surface area contributed by atoms with Gasteiger partial charge in [0.15, 0.2) is 5.82 Å². The van der Waals surface area contributed by atoms with Crippen LogP contribution < -0.4 is 0 Å². The van der Waals surface area contributed by atoms with Crippen LogP contribution >= 0.6 is 11.3 Å². The molecule has 210 valence electrons. The van der Waals surface area contributed by atoms with Crippen LogP contribution in [0.3, 0.4) is 0 Å². The van der Waals surface area contributed by atoms with E-state index in [0.717, 1.165) is 50.2 Å². The maximum atomic E-state index is 5.28. The summed E-state index contributed by atoms with van der Waals surface area (Å²) >= 11 is 1.85. The molecule has 9 rings (SSSR count). The molecule has 6 aromatic carbocycles. The third-order valence-electron chi connectivity index (χ3n) is 8.46. The molecule has 0 atom stereocenters. The zero-order valence-corrected chi connectivity index (χ0v) is 25.0. The van der Waals surface area contributed by atoms with Crippen molar-refractivity contribution in [3.05, 3.63) is 152 Å². The Bertz CT molecular complexity index is 2480. The minimum Gasteiger partial charge on any atom is -0.247 e. The predicted octanol–water partition coefficient (Wildman–Crippen LogP) is 11.2. The van der Waals surface area contributed by atoms with Crippen LogP contribution in [0.15, 0.2) is 152 Å². The second-order valence-corrected chi connectivity index (χ2v) is 12.3. The zero-order chi connectivity index (χ0) is 29.7. The minimum absolute atomic E-state index is 0.707. The first kappa shape index (κ1) is 25.8. The molecule has 0 saturated heterocycles. The Morgan fingerprint density at radius 2 is 1.02 bits per heavy atom. The van der Waals surface area contributed by atoms with Crippen molar-refractivity contribution in [2.24, 2.45) is 0 Å². The van der Waals surface area contributed by atoms with Gasteiger partial charge in [0.1, 0.15) is 0 Å². The maximum Gasteiger partial charge on any atom is 0.160 e. The highest BCUT2D eigenvalue weighted by molar-refractivity contribution is 7.26. The summed E-state index contributed by atoms with van der Waals surface area (Å²) in [5.74, 6) is 0.707. The Kier molecular flexibility index (Phi) is 6.00. The fourth-order valence-electron chi connectivity index (χ4n) is 6.37. The number of thiophene rings is 1. The van der Waals surface area contributed by atoms with Crippen molar-refractivity contribution in [1.29, 1.82) is 0 Å². The quantitative estimate of drug-likeness (QED) is 0.191. The van der Waals surface area contributed by atoms with E-state index in [4.69, 9.17) is 15.0 Å². The summed E-state index contributed by atoms with van der Waals surface area (Å²) in [4.78, 5) is 15.3. The summed E-state index contributed by atoms with van der Waals surface area (Å²) in [6, 6.07) is 52.9. The van der Waals surface area contributed by atoms with Crippen molar-refractivity contribution >= 4 is 53.2 Å². The molecule has 45 heavy (non-hydrogen) atoms. The number of pyridine rings is 1. The van der Waals surface area contributed by atoms with E-state index in [1.807, 2.05) is 47.7 Å². The molecule has 0 N–H and O–H groups in total. The molecule has 0 aliphatic carbocycles. The van der Waals surface area contributed by atoms with Gasteiger partial charge in [-0.15, -0.1) is 11.3 Å². The molecular formula is C41H25N3S. The smallest absolute Gasteiger partial charge is 0.160 e. The molecule has 3 heterocycles. The van der Waals surface area contributed by atoms with Crippen molar-refractivity contribution in [1.82, 2.24) is 15.0 Å². The van der Waals surface area contributed by atoms with Crippen LogP contribution in [0.4, 0.5) is 0 Å². The predicted molar refractivity (Wildman–Crippen MR) is 189 cm³/mol. The number of nitrogens with zero attached hydrogens (tertiary/aromatic N) is 3. The van der Waals surface area contributed by atoms with Crippen LogP contribution in [0.5, 0.6) is 0 Å². The van der Waals surface area contributed by atoms with Crippen molar-refractivity contribution < 1.29 is 0 Å². The van der Waals surface area contributed by atoms with Gasteiger partial charge in [0, 0.05) is 58.6 Å². The molecule has 0 radical (unpaired) electrons. The summed E-state index contributed by atoms with van der Waals surface area (Å²) < 4.78 is 2.60. The van der Waals surface area contributed by atoms with Gasteiger partial charge in [-0.05, 0) is 30.3 Å². The highest BCUT2D eigenvalue weighted by Crippen LogP contribution is 2.43. The summed E-state index contributed by atoms with van der Waals surface area (Å²) in [5.41, 5.74) is 7.87. The first-order chi connectivity index (χ1) is 22.3. The molecule has 0 aliphatic heterocycles. The molecule has 9 aromatic rings. The van der Waals surface area contributed by atoms with Gasteiger partial charge in [0.05, 0.1) is 22.6 Å². The topological polar surface area (TPSA) is 38.7 Å². The van der Waals surface area contributed by atoms with Gasteiger partial charge in [-0.2, -0.15) is 0 Å². The second-order valence-electron chi connectivity index (χ2n) is 11.2. The number of hydrogen-bond acceptors (Lipinski definition) is 4. The fraction of sp³-hybridized carbons (Fsp3) is 0. The highest BCUT2D eigenvalue weighted by atomic mass is 32.1. The summed E-state index contributed by atoms with van der Waals surface area (Å²) in [5, 5.41) is 6.19. The van der Waals surface area contributed by atoms with Crippen LogP contribution in [-0.4, -0.2) is 15.0 Å². The van der Waals surface area contributed by atoms with Gasteiger partial charge >= 0.3 is 0 Å². The summed E-state index contributed by atoms with van der Waals surface area (Å²) in [6.45, 7) is 0.